The molecule has 4 rings (SSSR count). The van der Waals surface area contributed by atoms with Crippen LogP contribution in [-0.2, 0) is 13.0 Å². The summed E-state index contributed by atoms with van der Waals surface area (Å²) in [6.07, 6.45) is 19.3. The van der Waals surface area contributed by atoms with Crippen molar-refractivity contribution in [2.45, 2.75) is 110 Å². The van der Waals surface area contributed by atoms with Gasteiger partial charge in [0.15, 0.2) is 35.4 Å². The molecule has 37 heavy (non-hydrogen) atoms. The van der Waals surface area contributed by atoms with Gasteiger partial charge in [0.1, 0.15) is 6.54 Å². The Morgan fingerprint density at radius 3 is 2.00 bits per heavy atom. The van der Waals surface area contributed by atoms with Gasteiger partial charge in [-0.2, -0.15) is 0 Å². The molecule has 0 saturated heterocycles. The van der Waals surface area contributed by atoms with Gasteiger partial charge in [-0.3, -0.25) is 0 Å². The molecule has 0 saturated carbocycles. The molecule has 0 aromatic heterocycles. The molecule has 0 amide bonds. The summed E-state index contributed by atoms with van der Waals surface area (Å²) in [6, 6.07) is 8.49. The van der Waals surface area contributed by atoms with Gasteiger partial charge in [-0.15, -0.1) is 0 Å². The van der Waals surface area contributed by atoms with Crippen molar-refractivity contribution in [2.75, 3.05) is 13.3 Å². The van der Waals surface area contributed by atoms with Crippen molar-refractivity contribution in [1.82, 2.24) is 0 Å². The number of hydrogen-bond acceptors (Lipinski definition) is 2. The lowest BCUT2D eigenvalue weighted by Crippen LogP contribution is -2.30. The molecule has 0 N–H and O–H groups in total. The fourth-order valence-corrected chi connectivity index (χ4v) is 5.66. The van der Waals surface area contributed by atoms with Crippen molar-refractivity contribution in [3.8, 4) is 11.5 Å². The van der Waals surface area contributed by atoms with Gasteiger partial charge in [0.25, 0.3) is 0 Å². The molecule has 5 heteroatoms. The minimum absolute atomic E-state index is 0.269. The molecule has 0 atom stereocenters. The van der Waals surface area contributed by atoms with Crippen LogP contribution in [0.2, 0.25) is 0 Å². The Bertz CT molecular complexity index is 1050. The number of rotatable bonds is 16. The zero-order valence-electron chi connectivity index (χ0n) is 22.6. The Hall–Kier alpha value is -2.43. The van der Waals surface area contributed by atoms with E-state index >= 15 is 0 Å². The first-order chi connectivity index (χ1) is 18.2. The van der Waals surface area contributed by atoms with Crippen molar-refractivity contribution in [1.29, 1.82) is 0 Å². The number of halogens is 2. The minimum Gasteiger partial charge on any atom is -0.454 e. The summed E-state index contributed by atoms with van der Waals surface area (Å²) in [7, 11) is 0. The van der Waals surface area contributed by atoms with E-state index in [-0.39, 0.29) is 6.79 Å². The summed E-state index contributed by atoms with van der Waals surface area (Å²) in [5, 5.41) is 0. The van der Waals surface area contributed by atoms with Crippen LogP contribution in [0.5, 0.6) is 11.5 Å². The van der Waals surface area contributed by atoms with Crippen LogP contribution >= 0.6 is 0 Å². The average molecular weight is 513 g/mol. The highest BCUT2D eigenvalue weighted by Crippen LogP contribution is 2.37. The van der Waals surface area contributed by atoms with Crippen molar-refractivity contribution in [3.05, 3.63) is 58.7 Å². The first-order valence-corrected chi connectivity index (χ1v) is 14.6. The van der Waals surface area contributed by atoms with Gasteiger partial charge in [0, 0.05) is 24.0 Å². The molecule has 2 aliphatic rings. The SMILES string of the molecule is CCCCCCCCCCCCCCCC1=[N+](Cc2ccc(F)c(F)c2)CCc2cc3c(cc21)OCO3. The third-order valence-corrected chi connectivity index (χ3v) is 7.82. The molecule has 2 aromatic carbocycles. The van der Waals surface area contributed by atoms with Crippen LogP contribution in [-0.4, -0.2) is 23.6 Å². The van der Waals surface area contributed by atoms with Crippen LogP contribution in [0.3, 0.4) is 0 Å². The van der Waals surface area contributed by atoms with E-state index in [1.807, 2.05) is 0 Å². The Labute approximate surface area is 221 Å². The van der Waals surface area contributed by atoms with E-state index in [9.17, 15) is 8.78 Å². The third kappa shape index (κ3) is 8.02. The Morgan fingerprint density at radius 1 is 0.730 bits per heavy atom. The average Bonchev–Trinajstić information content (AvgIpc) is 3.36. The molecule has 0 aliphatic carbocycles. The molecule has 0 bridgehead atoms. The first-order valence-electron chi connectivity index (χ1n) is 14.6. The number of fused-ring (bicyclic) bond motifs is 2. The molecule has 2 heterocycles. The second-order valence-electron chi connectivity index (χ2n) is 10.7. The number of ether oxygens (including phenoxy) is 2. The van der Waals surface area contributed by atoms with Crippen LogP contribution in [0, 0.1) is 11.6 Å². The monoisotopic (exact) mass is 512 g/mol. The number of hydrogen-bond donors (Lipinski definition) is 0. The molecule has 2 aliphatic heterocycles. The fraction of sp³-hybridized carbons (Fsp3) is 0.594. The van der Waals surface area contributed by atoms with Crippen LogP contribution < -0.4 is 9.47 Å². The van der Waals surface area contributed by atoms with E-state index in [1.165, 1.54) is 106 Å². The number of nitrogens with zero attached hydrogens (tertiary/aromatic N) is 1. The fourth-order valence-electron chi connectivity index (χ4n) is 5.66. The predicted octanol–water partition coefficient (Wildman–Crippen LogP) is 8.73. The maximum atomic E-state index is 13.9. The molecular weight excluding hydrogens is 468 g/mol. The normalized spacial score (nSPS) is 14.4. The van der Waals surface area contributed by atoms with Gasteiger partial charge < -0.3 is 9.47 Å². The summed E-state index contributed by atoms with van der Waals surface area (Å²) < 4.78 is 41.0. The van der Waals surface area contributed by atoms with Gasteiger partial charge >= 0.3 is 0 Å². The van der Waals surface area contributed by atoms with Crippen LogP contribution in [0.25, 0.3) is 0 Å². The molecule has 0 radical (unpaired) electrons. The van der Waals surface area contributed by atoms with Gasteiger partial charge in [0.2, 0.25) is 6.79 Å². The molecule has 0 fully saturated rings. The highest BCUT2D eigenvalue weighted by atomic mass is 19.2. The van der Waals surface area contributed by atoms with Gasteiger partial charge in [0.05, 0.1) is 0 Å². The Kier molecular flexibility index (Phi) is 10.8. The molecule has 2 aromatic rings. The van der Waals surface area contributed by atoms with E-state index in [0.717, 1.165) is 42.9 Å². The van der Waals surface area contributed by atoms with Crippen molar-refractivity contribution < 1.29 is 22.8 Å². The summed E-state index contributed by atoms with van der Waals surface area (Å²) in [6.45, 7) is 3.98. The zero-order valence-corrected chi connectivity index (χ0v) is 22.6. The predicted molar refractivity (Wildman–Crippen MR) is 146 cm³/mol. The first kappa shape index (κ1) is 27.6. The van der Waals surface area contributed by atoms with Crippen molar-refractivity contribution in [3.63, 3.8) is 0 Å². The molecule has 0 spiro atoms. The van der Waals surface area contributed by atoms with E-state index < -0.39 is 11.6 Å². The zero-order chi connectivity index (χ0) is 25.9. The second kappa shape index (κ2) is 14.5. The lowest BCUT2D eigenvalue weighted by molar-refractivity contribution is -0.545. The number of benzene rings is 2. The molecule has 0 unspecified atom stereocenters. The largest absolute Gasteiger partial charge is 0.454 e. The van der Waals surface area contributed by atoms with E-state index in [2.05, 4.69) is 23.6 Å². The van der Waals surface area contributed by atoms with E-state index in [4.69, 9.17) is 9.47 Å². The minimum atomic E-state index is -0.795. The topological polar surface area (TPSA) is 21.5 Å². The van der Waals surface area contributed by atoms with Crippen LogP contribution in [0.4, 0.5) is 8.78 Å². The highest BCUT2D eigenvalue weighted by molar-refractivity contribution is 5.99. The highest BCUT2D eigenvalue weighted by Gasteiger charge is 2.29. The van der Waals surface area contributed by atoms with Crippen LogP contribution in [0.15, 0.2) is 30.3 Å². The summed E-state index contributed by atoms with van der Waals surface area (Å²) in [4.78, 5) is 0. The van der Waals surface area contributed by atoms with E-state index in [0.29, 0.717) is 6.54 Å². The lowest BCUT2D eigenvalue weighted by atomic mass is 9.92. The smallest absolute Gasteiger partial charge is 0.231 e. The standard InChI is InChI=1S/C32H44F2NO2/c1-2-3-4-5-6-7-8-9-10-11-12-13-14-15-30-27-22-32-31(36-24-37-32)21-26(27)18-19-35(30)23-25-16-17-28(33)29(34)20-25/h16-17,20-22H,2-15,18-19,23-24H2,1H3/q+1. The summed E-state index contributed by atoms with van der Waals surface area (Å²) >= 11 is 0. The molecule has 202 valence electrons. The lowest BCUT2D eigenvalue weighted by Gasteiger charge is -2.19. The molecular formula is C32H44F2NO2+. The van der Waals surface area contributed by atoms with Crippen molar-refractivity contribution in [2.24, 2.45) is 0 Å². The molecule has 3 nitrogen and oxygen atoms in total. The van der Waals surface area contributed by atoms with E-state index in [1.54, 1.807) is 6.07 Å². The third-order valence-electron chi connectivity index (χ3n) is 7.82. The maximum absolute atomic E-state index is 13.9. The maximum Gasteiger partial charge on any atom is 0.231 e. The van der Waals surface area contributed by atoms with Gasteiger partial charge in [-0.25, -0.2) is 13.4 Å². The Morgan fingerprint density at radius 2 is 1.35 bits per heavy atom. The summed E-state index contributed by atoms with van der Waals surface area (Å²) in [5.74, 6) is 0.0531. The van der Waals surface area contributed by atoms with Crippen molar-refractivity contribution >= 4 is 5.71 Å². The Balaban J connectivity index is 1.29. The van der Waals surface area contributed by atoms with Gasteiger partial charge in [-0.05, 0) is 42.3 Å². The second-order valence-corrected chi connectivity index (χ2v) is 10.7. The number of unbranched alkanes of at least 4 members (excludes halogenated alkanes) is 12. The van der Waals surface area contributed by atoms with Crippen LogP contribution in [0.1, 0.15) is 114 Å². The summed E-state index contributed by atoms with van der Waals surface area (Å²) in [5.41, 5.74) is 4.59. The van der Waals surface area contributed by atoms with Gasteiger partial charge in [-0.1, -0.05) is 84.0 Å². The quantitative estimate of drug-likeness (QED) is 0.166.